The Hall–Kier alpha value is -0.713. The zero-order valence-corrected chi connectivity index (χ0v) is 24.2. The number of carbonyl (C=O) groups excluding carboxylic acids is 2. The van der Waals surface area contributed by atoms with E-state index in [9.17, 15) is 14.7 Å². The van der Waals surface area contributed by atoms with Crippen LogP contribution in [0.1, 0.15) is 67.7 Å². The van der Waals surface area contributed by atoms with E-state index >= 15 is 0 Å². The SMILES string of the molecule is CC(=O)O[C@H]1C=C[C@H](C)[C@@H](C(C)=CI)OC(=O)C[C@H](O[Si](C)(C)C(C)(C)C)CC[C@@]1(C)O. The lowest BCUT2D eigenvalue weighted by Crippen LogP contribution is -2.46. The van der Waals surface area contributed by atoms with Crippen LogP contribution in [0.25, 0.3) is 0 Å². The molecule has 6 nitrogen and oxygen atoms in total. The van der Waals surface area contributed by atoms with Gasteiger partial charge in [-0.3, -0.25) is 9.59 Å². The van der Waals surface area contributed by atoms with E-state index in [2.05, 4.69) is 56.5 Å². The fourth-order valence-corrected chi connectivity index (χ4v) is 5.12. The van der Waals surface area contributed by atoms with Gasteiger partial charge < -0.3 is 19.0 Å². The smallest absolute Gasteiger partial charge is 0.308 e. The third-order valence-corrected chi connectivity index (χ3v) is 12.0. The summed E-state index contributed by atoms with van der Waals surface area (Å²) in [5.74, 6) is -0.939. The monoisotopic (exact) mass is 580 g/mol. The first-order valence-corrected chi connectivity index (χ1v) is 15.4. The van der Waals surface area contributed by atoms with E-state index in [-0.39, 0.29) is 23.3 Å². The topological polar surface area (TPSA) is 82.1 Å². The van der Waals surface area contributed by atoms with E-state index in [0.717, 1.165) is 5.57 Å². The van der Waals surface area contributed by atoms with E-state index in [4.69, 9.17) is 13.9 Å². The van der Waals surface area contributed by atoms with Gasteiger partial charge in [0.25, 0.3) is 0 Å². The number of carbonyl (C=O) groups is 2. The van der Waals surface area contributed by atoms with Crippen molar-refractivity contribution in [1.82, 2.24) is 0 Å². The number of rotatable bonds is 4. The van der Waals surface area contributed by atoms with Crippen molar-refractivity contribution < 1.29 is 28.6 Å². The molecule has 0 radical (unpaired) electrons. The first-order chi connectivity index (χ1) is 14.5. The Morgan fingerprint density at radius 1 is 1.31 bits per heavy atom. The van der Waals surface area contributed by atoms with Crippen LogP contribution < -0.4 is 0 Å². The molecule has 1 rings (SSSR count). The van der Waals surface area contributed by atoms with Crippen LogP contribution in [0, 0.1) is 5.92 Å². The fraction of sp³-hybridized carbons (Fsp3) is 0.750. The minimum atomic E-state index is -2.16. The molecule has 0 saturated carbocycles. The van der Waals surface area contributed by atoms with Crippen molar-refractivity contribution in [3.63, 3.8) is 0 Å². The summed E-state index contributed by atoms with van der Waals surface area (Å²) in [7, 11) is -2.16. The van der Waals surface area contributed by atoms with Gasteiger partial charge in [0.2, 0.25) is 0 Å². The van der Waals surface area contributed by atoms with Gasteiger partial charge in [-0.1, -0.05) is 56.4 Å². The molecule has 1 heterocycles. The van der Waals surface area contributed by atoms with Crippen molar-refractivity contribution in [3.8, 4) is 0 Å². The Labute approximate surface area is 208 Å². The predicted octanol–water partition coefficient (Wildman–Crippen LogP) is 5.69. The second-order valence-corrected chi connectivity index (χ2v) is 16.0. The lowest BCUT2D eigenvalue weighted by atomic mass is 9.89. The summed E-state index contributed by atoms with van der Waals surface area (Å²) >= 11 is 2.14. The normalized spacial score (nSPS) is 31.3. The van der Waals surface area contributed by atoms with E-state index < -0.39 is 38.2 Å². The highest BCUT2D eigenvalue weighted by molar-refractivity contribution is 14.1. The van der Waals surface area contributed by atoms with Crippen LogP contribution in [0.5, 0.6) is 0 Å². The molecule has 0 fully saturated rings. The molecule has 0 saturated heterocycles. The molecule has 8 heteroatoms. The number of cyclic esters (lactones) is 1. The molecule has 0 aliphatic carbocycles. The molecular formula is C24H41IO6Si. The van der Waals surface area contributed by atoms with Gasteiger partial charge in [-0.25, -0.2) is 0 Å². The highest BCUT2D eigenvalue weighted by Gasteiger charge is 2.41. The van der Waals surface area contributed by atoms with E-state index in [1.54, 1.807) is 13.0 Å². The standard InChI is InChI=1S/C24H41IO6Si/c1-16-10-11-20(29-18(3)26)24(7,28)13-12-19(31-32(8,9)23(4,5)6)14-21(27)30-22(16)17(2)15-25/h10-11,15-16,19-20,22,28H,12-14H2,1-9H3/t16-,19+,20-,22-,24+/m0/s1. The molecular weight excluding hydrogens is 539 g/mol. The van der Waals surface area contributed by atoms with Crippen molar-refractivity contribution in [2.24, 2.45) is 5.92 Å². The minimum Gasteiger partial charge on any atom is -0.457 e. The second kappa shape index (κ2) is 11.6. The zero-order chi connectivity index (χ0) is 24.9. The molecule has 0 bridgehead atoms. The van der Waals surface area contributed by atoms with Crippen molar-refractivity contribution in [3.05, 3.63) is 21.8 Å². The Kier molecular flexibility index (Phi) is 10.6. The van der Waals surface area contributed by atoms with E-state index in [1.165, 1.54) is 6.92 Å². The largest absolute Gasteiger partial charge is 0.457 e. The number of ether oxygens (including phenoxy) is 2. The average molecular weight is 581 g/mol. The van der Waals surface area contributed by atoms with Crippen molar-refractivity contribution in [2.75, 3.05) is 0 Å². The van der Waals surface area contributed by atoms with Gasteiger partial charge in [0.15, 0.2) is 8.32 Å². The number of aliphatic hydroxyl groups is 1. The third-order valence-electron chi connectivity index (χ3n) is 6.49. The first kappa shape index (κ1) is 29.3. The number of hydrogen-bond acceptors (Lipinski definition) is 6. The summed E-state index contributed by atoms with van der Waals surface area (Å²) in [6, 6.07) is 0. The van der Waals surface area contributed by atoms with Gasteiger partial charge >= 0.3 is 11.9 Å². The van der Waals surface area contributed by atoms with E-state index in [1.807, 2.05) is 24.0 Å². The molecule has 0 spiro atoms. The molecule has 0 amide bonds. The van der Waals surface area contributed by atoms with Crippen molar-refractivity contribution in [1.29, 1.82) is 0 Å². The minimum absolute atomic E-state index is 0.0241. The third kappa shape index (κ3) is 8.57. The van der Waals surface area contributed by atoms with Crippen LogP contribution in [0.15, 0.2) is 21.8 Å². The summed E-state index contributed by atoms with van der Waals surface area (Å²) < 4.78 is 19.8. The summed E-state index contributed by atoms with van der Waals surface area (Å²) in [5, 5.41) is 11.2. The van der Waals surface area contributed by atoms with Crippen LogP contribution in [0.2, 0.25) is 18.1 Å². The lowest BCUT2D eigenvalue weighted by Gasteiger charge is -2.40. The molecule has 5 atom stereocenters. The number of esters is 2. The van der Waals surface area contributed by atoms with E-state index in [0.29, 0.717) is 12.8 Å². The van der Waals surface area contributed by atoms with Gasteiger partial charge in [-0.2, -0.15) is 0 Å². The average Bonchev–Trinajstić information content (AvgIpc) is 2.64. The Morgan fingerprint density at radius 2 is 1.91 bits per heavy atom. The summed E-state index contributed by atoms with van der Waals surface area (Å²) in [6.07, 6.45) is 2.77. The molecule has 0 aromatic rings. The maximum Gasteiger partial charge on any atom is 0.308 e. The van der Waals surface area contributed by atoms with Crippen LogP contribution in [0.3, 0.4) is 0 Å². The summed E-state index contributed by atoms with van der Waals surface area (Å²) in [4.78, 5) is 24.6. The Bertz CT molecular complexity index is 722. The molecule has 32 heavy (non-hydrogen) atoms. The van der Waals surface area contributed by atoms with Crippen LogP contribution in [0.4, 0.5) is 0 Å². The summed E-state index contributed by atoms with van der Waals surface area (Å²) in [5.41, 5.74) is -0.380. The van der Waals surface area contributed by atoms with Crippen molar-refractivity contribution in [2.45, 2.75) is 110 Å². The molecule has 0 unspecified atom stereocenters. The van der Waals surface area contributed by atoms with Crippen LogP contribution >= 0.6 is 22.6 Å². The Morgan fingerprint density at radius 3 is 2.41 bits per heavy atom. The highest BCUT2D eigenvalue weighted by Crippen LogP contribution is 2.39. The highest BCUT2D eigenvalue weighted by atomic mass is 127. The summed E-state index contributed by atoms with van der Waals surface area (Å²) in [6.45, 7) is 17.6. The van der Waals surface area contributed by atoms with Crippen LogP contribution in [-0.4, -0.2) is 49.3 Å². The molecule has 184 valence electrons. The molecule has 0 aromatic carbocycles. The number of halogens is 1. The van der Waals surface area contributed by atoms with Gasteiger partial charge in [-0.05, 0) is 60.6 Å². The molecule has 1 aliphatic heterocycles. The maximum absolute atomic E-state index is 12.9. The quantitative estimate of drug-likeness (QED) is 0.199. The maximum atomic E-state index is 12.9. The molecule has 1 N–H and O–H groups in total. The van der Waals surface area contributed by atoms with Gasteiger partial charge in [0.05, 0.1) is 12.5 Å². The number of hydrogen-bond donors (Lipinski definition) is 1. The second-order valence-electron chi connectivity index (χ2n) is 10.6. The molecule has 0 aromatic heterocycles. The molecule has 1 aliphatic rings. The lowest BCUT2D eigenvalue weighted by molar-refractivity contribution is -0.157. The van der Waals surface area contributed by atoms with Crippen molar-refractivity contribution >= 4 is 42.8 Å². The fourth-order valence-electron chi connectivity index (χ4n) is 3.37. The van der Waals surface area contributed by atoms with Gasteiger partial charge in [-0.15, -0.1) is 0 Å². The van der Waals surface area contributed by atoms with Gasteiger partial charge in [0.1, 0.15) is 17.8 Å². The predicted molar refractivity (Wildman–Crippen MR) is 138 cm³/mol. The zero-order valence-electron chi connectivity index (χ0n) is 21.0. The van der Waals surface area contributed by atoms with Gasteiger partial charge in [0, 0.05) is 12.8 Å². The first-order valence-electron chi connectivity index (χ1n) is 11.2. The van der Waals surface area contributed by atoms with Crippen LogP contribution in [-0.2, 0) is 23.5 Å². The Balaban J connectivity index is 3.37.